The molecule has 2 nitrogen and oxygen atoms in total. The van der Waals surface area contributed by atoms with Crippen molar-refractivity contribution in [2.75, 3.05) is 19.8 Å². The molecule has 1 aromatic carbocycles. The van der Waals surface area contributed by atoms with Crippen LogP contribution < -0.4 is 10.1 Å². The lowest BCUT2D eigenvalue weighted by molar-refractivity contribution is 0.168. The molecule has 1 aliphatic carbocycles. The van der Waals surface area contributed by atoms with Crippen molar-refractivity contribution in [3.8, 4) is 5.75 Å². The number of thioether (sulfide) groups is 1. The predicted molar refractivity (Wildman–Crippen MR) is 73.9 cm³/mol. The molecule has 1 unspecified atom stereocenters. The van der Waals surface area contributed by atoms with Gasteiger partial charge in [0.25, 0.3) is 0 Å². The molecule has 0 spiro atoms. The summed E-state index contributed by atoms with van der Waals surface area (Å²) in [5.41, 5.74) is 0. The number of hydrogen-bond acceptors (Lipinski definition) is 3. The molecule has 17 heavy (non-hydrogen) atoms. The Morgan fingerprint density at radius 2 is 2.06 bits per heavy atom. The molecule has 0 aromatic heterocycles. The predicted octanol–water partition coefficient (Wildman–Crippen LogP) is 3.18. The van der Waals surface area contributed by atoms with Gasteiger partial charge in [-0.1, -0.05) is 0 Å². The Bertz CT molecular complexity index is 335. The SMILES string of the molecule is CNCCC(Oc1ccc(SC)cc1)C1CC1. The van der Waals surface area contributed by atoms with E-state index in [4.69, 9.17) is 4.74 Å². The van der Waals surface area contributed by atoms with Gasteiger partial charge in [-0.2, -0.15) is 0 Å². The van der Waals surface area contributed by atoms with Gasteiger partial charge in [-0.3, -0.25) is 0 Å². The minimum absolute atomic E-state index is 0.391. The summed E-state index contributed by atoms with van der Waals surface area (Å²) in [5.74, 6) is 1.79. The molecule has 1 fully saturated rings. The van der Waals surface area contributed by atoms with E-state index in [2.05, 4.69) is 35.8 Å². The highest BCUT2D eigenvalue weighted by Crippen LogP contribution is 2.36. The van der Waals surface area contributed by atoms with Crippen LogP contribution in [0.3, 0.4) is 0 Å². The van der Waals surface area contributed by atoms with Crippen LogP contribution in [0.1, 0.15) is 19.3 Å². The zero-order valence-electron chi connectivity index (χ0n) is 10.6. The van der Waals surface area contributed by atoms with Gasteiger partial charge in [0.2, 0.25) is 0 Å². The van der Waals surface area contributed by atoms with E-state index in [0.717, 1.165) is 24.6 Å². The first kappa shape index (κ1) is 12.8. The fourth-order valence-electron chi connectivity index (χ4n) is 1.97. The minimum atomic E-state index is 0.391. The summed E-state index contributed by atoms with van der Waals surface area (Å²) in [6, 6.07) is 8.42. The smallest absolute Gasteiger partial charge is 0.119 e. The second-order valence-corrected chi connectivity index (χ2v) is 5.44. The maximum absolute atomic E-state index is 6.09. The lowest BCUT2D eigenvalue weighted by Crippen LogP contribution is -2.24. The van der Waals surface area contributed by atoms with Crippen LogP contribution in [0.5, 0.6) is 5.75 Å². The Hall–Kier alpha value is -0.670. The van der Waals surface area contributed by atoms with E-state index in [0.29, 0.717) is 6.10 Å². The molecule has 2 rings (SSSR count). The van der Waals surface area contributed by atoms with Crippen molar-refractivity contribution in [3.63, 3.8) is 0 Å². The van der Waals surface area contributed by atoms with Crippen LogP contribution in [0.15, 0.2) is 29.2 Å². The van der Waals surface area contributed by atoms with Gasteiger partial charge in [0.15, 0.2) is 0 Å². The van der Waals surface area contributed by atoms with Crippen LogP contribution in [-0.4, -0.2) is 26.0 Å². The van der Waals surface area contributed by atoms with Crippen LogP contribution in [0.25, 0.3) is 0 Å². The van der Waals surface area contributed by atoms with Crippen LogP contribution in [0.2, 0.25) is 0 Å². The summed E-state index contributed by atoms with van der Waals surface area (Å²) < 4.78 is 6.09. The van der Waals surface area contributed by atoms with E-state index in [-0.39, 0.29) is 0 Å². The molecule has 94 valence electrons. The first-order valence-electron chi connectivity index (χ1n) is 6.29. The normalized spacial score (nSPS) is 16.8. The topological polar surface area (TPSA) is 21.3 Å². The number of benzene rings is 1. The van der Waals surface area contributed by atoms with Gasteiger partial charge in [0.1, 0.15) is 11.9 Å². The highest BCUT2D eigenvalue weighted by atomic mass is 32.2. The monoisotopic (exact) mass is 251 g/mol. The fourth-order valence-corrected chi connectivity index (χ4v) is 2.38. The van der Waals surface area contributed by atoms with Gasteiger partial charge in [0, 0.05) is 4.90 Å². The fraction of sp³-hybridized carbons (Fsp3) is 0.571. The number of ether oxygens (including phenoxy) is 1. The molecule has 1 atom stereocenters. The Kier molecular flexibility index (Phi) is 4.75. The third-order valence-corrected chi connectivity index (χ3v) is 3.92. The van der Waals surface area contributed by atoms with Crippen molar-refractivity contribution in [3.05, 3.63) is 24.3 Å². The van der Waals surface area contributed by atoms with Crippen LogP contribution >= 0.6 is 11.8 Å². The maximum atomic E-state index is 6.09. The maximum Gasteiger partial charge on any atom is 0.119 e. The molecule has 0 radical (unpaired) electrons. The average molecular weight is 251 g/mol. The summed E-state index contributed by atoms with van der Waals surface area (Å²) in [6.45, 7) is 1.03. The molecule has 0 heterocycles. The van der Waals surface area contributed by atoms with Crippen LogP contribution in [-0.2, 0) is 0 Å². The first-order chi connectivity index (χ1) is 8.33. The Morgan fingerprint density at radius 3 is 2.59 bits per heavy atom. The lowest BCUT2D eigenvalue weighted by atomic mass is 10.1. The molecular weight excluding hydrogens is 230 g/mol. The van der Waals surface area contributed by atoms with Crippen LogP contribution in [0.4, 0.5) is 0 Å². The molecule has 1 aliphatic rings. The summed E-state index contributed by atoms with van der Waals surface area (Å²) in [7, 11) is 2.00. The molecule has 1 saturated carbocycles. The average Bonchev–Trinajstić information content (AvgIpc) is 3.19. The van der Waals surface area contributed by atoms with Gasteiger partial charge in [-0.05, 0) is 69.3 Å². The second-order valence-electron chi connectivity index (χ2n) is 4.56. The second kappa shape index (κ2) is 6.31. The quantitative estimate of drug-likeness (QED) is 0.752. The van der Waals surface area contributed by atoms with Gasteiger partial charge < -0.3 is 10.1 Å². The Morgan fingerprint density at radius 1 is 1.35 bits per heavy atom. The van der Waals surface area contributed by atoms with Gasteiger partial charge in [-0.25, -0.2) is 0 Å². The standard InChI is InChI=1S/C14H21NOS/c1-15-10-9-14(11-3-4-11)16-12-5-7-13(17-2)8-6-12/h5-8,11,14-15H,3-4,9-10H2,1-2H3. The highest BCUT2D eigenvalue weighted by molar-refractivity contribution is 7.98. The van der Waals surface area contributed by atoms with Gasteiger partial charge in [0.05, 0.1) is 0 Å². The molecule has 1 aromatic rings. The minimum Gasteiger partial charge on any atom is -0.490 e. The van der Waals surface area contributed by atoms with Crippen molar-refractivity contribution in [2.45, 2.75) is 30.3 Å². The van der Waals surface area contributed by atoms with E-state index in [9.17, 15) is 0 Å². The summed E-state index contributed by atoms with van der Waals surface area (Å²) in [4.78, 5) is 1.29. The summed E-state index contributed by atoms with van der Waals surface area (Å²) in [6.07, 6.45) is 6.25. The van der Waals surface area contributed by atoms with E-state index in [1.54, 1.807) is 11.8 Å². The zero-order valence-corrected chi connectivity index (χ0v) is 11.4. The van der Waals surface area contributed by atoms with Crippen molar-refractivity contribution in [2.24, 2.45) is 5.92 Å². The van der Waals surface area contributed by atoms with Gasteiger partial charge >= 0.3 is 0 Å². The van der Waals surface area contributed by atoms with E-state index < -0.39 is 0 Å². The molecule has 0 aliphatic heterocycles. The third kappa shape index (κ3) is 3.93. The van der Waals surface area contributed by atoms with Crippen molar-refractivity contribution in [1.29, 1.82) is 0 Å². The van der Waals surface area contributed by atoms with Gasteiger partial charge in [-0.15, -0.1) is 11.8 Å². The van der Waals surface area contributed by atoms with E-state index >= 15 is 0 Å². The van der Waals surface area contributed by atoms with Crippen molar-refractivity contribution in [1.82, 2.24) is 5.32 Å². The summed E-state index contributed by atoms with van der Waals surface area (Å²) in [5, 5.41) is 3.20. The highest BCUT2D eigenvalue weighted by Gasteiger charge is 2.32. The van der Waals surface area contributed by atoms with Crippen LogP contribution in [0, 0.1) is 5.92 Å². The molecule has 3 heteroatoms. The molecule has 0 bridgehead atoms. The van der Waals surface area contributed by atoms with E-state index in [1.807, 2.05) is 7.05 Å². The van der Waals surface area contributed by atoms with Crippen molar-refractivity contribution >= 4 is 11.8 Å². The molecule has 0 saturated heterocycles. The summed E-state index contributed by atoms with van der Waals surface area (Å²) >= 11 is 1.76. The third-order valence-electron chi connectivity index (χ3n) is 3.17. The molecule has 0 amide bonds. The van der Waals surface area contributed by atoms with E-state index in [1.165, 1.54) is 17.7 Å². The number of hydrogen-bond donors (Lipinski definition) is 1. The first-order valence-corrected chi connectivity index (χ1v) is 7.51. The molecular formula is C14H21NOS. The lowest BCUT2D eigenvalue weighted by Gasteiger charge is -2.18. The Labute approximate surface area is 108 Å². The number of nitrogens with one attached hydrogen (secondary N) is 1. The Balaban J connectivity index is 1.91. The largest absolute Gasteiger partial charge is 0.490 e. The zero-order chi connectivity index (χ0) is 12.1. The van der Waals surface area contributed by atoms with Crippen molar-refractivity contribution < 1.29 is 4.74 Å². The number of rotatable bonds is 7. The molecule has 1 N–H and O–H groups in total.